The van der Waals surface area contributed by atoms with Gasteiger partial charge in [-0.2, -0.15) is 0 Å². The molecular formula is C54H120N4. The molecule has 4 heteroatoms. The lowest BCUT2D eigenvalue weighted by Gasteiger charge is -2.42. The number of hydrogen-bond donors (Lipinski definition) is 0. The van der Waals surface area contributed by atoms with Crippen LogP contribution in [0.5, 0.6) is 0 Å². The maximum Gasteiger partial charge on any atom is 0.0125 e. The molecule has 0 saturated carbocycles. The van der Waals surface area contributed by atoms with Crippen LogP contribution in [0.4, 0.5) is 0 Å². The Labute approximate surface area is 372 Å². The van der Waals surface area contributed by atoms with Gasteiger partial charge >= 0.3 is 0 Å². The Kier molecular flexibility index (Phi) is 32.5. The Morgan fingerprint density at radius 2 is 0.276 bits per heavy atom. The minimum absolute atomic E-state index is 0.393. The van der Waals surface area contributed by atoms with Crippen LogP contribution < -0.4 is 0 Å². The molecule has 0 aromatic carbocycles. The summed E-state index contributed by atoms with van der Waals surface area (Å²) in [6.45, 7) is 73.0. The van der Waals surface area contributed by atoms with E-state index in [4.69, 9.17) is 0 Å². The maximum absolute atomic E-state index is 2.61. The van der Waals surface area contributed by atoms with E-state index in [1.165, 1.54) is 117 Å². The summed E-state index contributed by atoms with van der Waals surface area (Å²) in [4.78, 5) is 10.2. The van der Waals surface area contributed by atoms with Crippen LogP contribution in [0.3, 0.4) is 0 Å². The van der Waals surface area contributed by atoms with Crippen molar-refractivity contribution in [2.75, 3.05) is 52.4 Å². The number of piperidine rings is 1. The summed E-state index contributed by atoms with van der Waals surface area (Å²) in [6, 6.07) is 0. The molecule has 4 nitrogen and oxygen atoms in total. The van der Waals surface area contributed by atoms with Crippen LogP contribution in [-0.2, 0) is 0 Å². The summed E-state index contributed by atoms with van der Waals surface area (Å²) in [5, 5.41) is 0. The topological polar surface area (TPSA) is 13.0 Å². The molecule has 58 heavy (non-hydrogen) atoms. The fraction of sp³-hybridized carbons (Fsp3) is 1.00. The molecule has 4 saturated heterocycles. The van der Waals surface area contributed by atoms with Gasteiger partial charge in [0.25, 0.3) is 0 Å². The van der Waals surface area contributed by atoms with E-state index in [1.54, 1.807) is 0 Å². The molecule has 0 unspecified atom stereocenters. The summed E-state index contributed by atoms with van der Waals surface area (Å²) in [6.07, 6.45) is 14.1. The van der Waals surface area contributed by atoms with Gasteiger partial charge in [0.15, 0.2) is 0 Å². The molecule has 4 rings (SSSR count). The highest BCUT2D eigenvalue weighted by molar-refractivity contribution is 4.82. The lowest BCUT2D eigenvalue weighted by Crippen LogP contribution is -2.49. The van der Waals surface area contributed by atoms with E-state index in [9.17, 15) is 0 Å². The van der Waals surface area contributed by atoms with Gasteiger partial charge in [-0.1, -0.05) is 130 Å². The van der Waals surface area contributed by atoms with Gasteiger partial charge in [-0.15, -0.1) is 0 Å². The minimum atomic E-state index is 0.393. The normalized spacial score (nSPS) is 19.2. The zero-order valence-corrected chi connectivity index (χ0v) is 46.5. The Morgan fingerprint density at radius 1 is 0.172 bits per heavy atom. The molecule has 0 bridgehead atoms. The third-order valence-electron chi connectivity index (χ3n) is 8.72. The highest BCUT2D eigenvalue weighted by Crippen LogP contribution is 2.22. The average Bonchev–Trinajstić information content (AvgIpc) is 3.31. The van der Waals surface area contributed by atoms with Crippen molar-refractivity contribution in [1.29, 1.82) is 0 Å². The van der Waals surface area contributed by atoms with E-state index in [0.717, 1.165) is 0 Å². The Bertz CT molecular complexity index is 829. The summed E-state index contributed by atoms with van der Waals surface area (Å²) in [7, 11) is 0. The lowest BCUT2D eigenvalue weighted by atomic mass is 10.0. The Balaban J connectivity index is -0.000000294. The molecule has 0 radical (unpaired) electrons. The molecule has 0 amide bonds. The monoisotopic (exact) mass is 825 g/mol. The van der Waals surface area contributed by atoms with Crippen LogP contribution in [0, 0.1) is 21.7 Å². The molecule has 0 aromatic heterocycles. The van der Waals surface area contributed by atoms with Crippen LogP contribution in [0.15, 0.2) is 0 Å². The molecule has 4 heterocycles. The maximum atomic E-state index is 2.61. The minimum Gasteiger partial charge on any atom is -0.298 e. The molecule has 0 aliphatic carbocycles. The zero-order chi connectivity index (χ0) is 47.0. The van der Waals surface area contributed by atoms with Crippen LogP contribution in [0.2, 0.25) is 0 Å². The predicted octanol–water partition coefficient (Wildman–Crippen LogP) is 16.5. The first-order chi connectivity index (χ1) is 25.4. The van der Waals surface area contributed by atoms with Crippen LogP contribution in [0.1, 0.15) is 258 Å². The SMILES string of the molecule is CC(C)(C)C.CC(C)(C)C.CC(C)(C)C.CC(C)(C)C.CC(C)(C)N1CCC1.CC(C)(C)N1CCCC1.CC(C)(C)N1CCCCC1.CC(C)(C)N1CCCCCC1. The Hall–Kier alpha value is -0.160. The molecule has 4 aliphatic rings. The van der Waals surface area contributed by atoms with Gasteiger partial charge in [-0.25, -0.2) is 0 Å². The molecule has 0 N–H and O–H groups in total. The number of likely N-dealkylation sites (tertiary alicyclic amines) is 4. The number of nitrogens with zero attached hydrogens (tertiary/aromatic N) is 4. The van der Waals surface area contributed by atoms with Gasteiger partial charge in [0, 0.05) is 22.2 Å². The van der Waals surface area contributed by atoms with Crippen molar-refractivity contribution in [3.63, 3.8) is 0 Å². The third-order valence-corrected chi connectivity index (χ3v) is 8.72. The van der Waals surface area contributed by atoms with E-state index in [0.29, 0.717) is 43.8 Å². The van der Waals surface area contributed by atoms with Crippen LogP contribution in [0.25, 0.3) is 0 Å². The van der Waals surface area contributed by atoms with E-state index in [1.807, 2.05) is 0 Å². The molecule has 356 valence electrons. The van der Waals surface area contributed by atoms with Gasteiger partial charge in [0.05, 0.1) is 0 Å². The van der Waals surface area contributed by atoms with Crippen LogP contribution >= 0.6 is 0 Å². The molecule has 4 aliphatic heterocycles. The number of hydrogen-bond acceptors (Lipinski definition) is 4. The first kappa shape index (κ1) is 64.5. The van der Waals surface area contributed by atoms with E-state index in [-0.39, 0.29) is 0 Å². The van der Waals surface area contributed by atoms with Crippen molar-refractivity contribution in [2.45, 2.75) is 280 Å². The second-order valence-corrected chi connectivity index (χ2v) is 28.2. The van der Waals surface area contributed by atoms with Gasteiger partial charge in [0.2, 0.25) is 0 Å². The highest BCUT2D eigenvalue weighted by Gasteiger charge is 2.26. The highest BCUT2D eigenvalue weighted by atomic mass is 15.2. The standard InChI is InChI=1S/C10H21N.C9H19N.C8H17N.C7H15N.4C5H12/c1-10(2,3)11-8-6-4-5-7-9-11;1-9(2,3)10-7-5-4-6-8-10;1-8(2,3)9-6-4-5-7-9;1-7(2,3)8-5-4-6-8;4*1-5(2,3)4/h4-9H2,1-3H3;4-8H2,1-3H3;4-7H2,1-3H3;4-6H2,1-3H3;4*1-4H3. The molecule has 0 atom stereocenters. The van der Waals surface area contributed by atoms with Crippen molar-refractivity contribution >= 4 is 0 Å². The van der Waals surface area contributed by atoms with Crippen molar-refractivity contribution in [3.8, 4) is 0 Å². The van der Waals surface area contributed by atoms with E-state index < -0.39 is 0 Å². The quantitative estimate of drug-likeness (QED) is 0.241. The first-order valence-electron chi connectivity index (χ1n) is 24.4. The second-order valence-electron chi connectivity index (χ2n) is 28.2. The summed E-state index contributed by atoms with van der Waals surface area (Å²) < 4.78 is 0. The van der Waals surface area contributed by atoms with Gasteiger partial charge < -0.3 is 0 Å². The fourth-order valence-electron chi connectivity index (χ4n) is 5.68. The molecule has 0 spiro atoms. The molecular weight excluding hydrogens is 705 g/mol. The van der Waals surface area contributed by atoms with Gasteiger partial charge in [0.1, 0.15) is 0 Å². The van der Waals surface area contributed by atoms with Crippen molar-refractivity contribution in [1.82, 2.24) is 19.6 Å². The van der Waals surface area contributed by atoms with Gasteiger partial charge in [-0.3, -0.25) is 19.6 Å². The van der Waals surface area contributed by atoms with Gasteiger partial charge in [-0.05, 0) is 202 Å². The lowest BCUT2D eigenvalue weighted by molar-refractivity contribution is 0.0690. The second kappa shape index (κ2) is 29.3. The predicted molar refractivity (Wildman–Crippen MR) is 272 cm³/mol. The summed E-state index contributed by atoms with van der Waals surface area (Å²) in [5.41, 5.74) is 3.64. The molecule has 4 fully saturated rings. The average molecular weight is 826 g/mol. The fourth-order valence-corrected chi connectivity index (χ4v) is 5.68. The summed E-state index contributed by atoms with van der Waals surface area (Å²) >= 11 is 0. The van der Waals surface area contributed by atoms with E-state index >= 15 is 0 Å². The first-order valence-corrected chi connectivity index (χ1v) is 24.4. The van der Waals surface area contributed by atoms with Crippen molar-refractivity contribution in [2.24, 2.45) is 21.7 Å². The van der Waals surface area contributed by atoms with E-state index in [2.05, 4.69) is 213 Å². The number of rotatable bonds is 0. The third kappa shape index (κ3) is 57.9. The Morgan fingerprint density at radius 3 is 0.379 bits per heavy atom. The summed E-state index contributed by atoms with van der Waals surface area (Å²) in [5.74, 6) is 0. The smallest absolute Gasteiger partial charge is 0.0125 e. The molecule has 0 aromatic rings. The van der Waals surface area contributed by atoms with Crippen LogP contribution in [-0.4, -0.2) is 94.1 Å². The van der Waals surface area contributed by atoms with Crippen molar-refractivity contribution < 1.29 is 0 Å². The largest absolute Gasteiger partial charge is 0.298 e. The van der Waals surface area contributed by atoms with Crippen molar-refractivity contribution in [3.05, 3.63) is 0 Å². The zero-order valence-electron chi connectivity index (χ0n) is 46.5.